The van der Waals surface area contributed by atoms with Crippen LogP contribution in [0.5, 0.6) is 11.5 Å². The number of nitrogens with zero attached hydrogens (tertiary/aromatic N) is 2. The molecule has 1 aromatic carbocycles. The van der Waals surface area contributed by atoms with Crippen LogP contribution in [0.2, 0.25) is 0 Å². The molecule has 0 saturated heterocycles. The zero-order valence-corrected chi connectivity index (χ0v) is 15.1. The molecular weight excluding hydrogens is 312 g/mol. The van der Waals surface area contributed by atoms with Crippen LogP contribution in [0.15, 0.2) is 47.1 Å². The van der Waals surface area contributed by atoms with E-state index in [0.717, 1.165) is 41.1 Å². The Kier molecular flexibility index (Phi) is 5.67. The lowest BCUT2D eigenvalue weighted by Gasteiger charge is -2.30. The monoisotopic (exact) mass is 334 g/mol. The second-order valence-corrected chi connectivity index (χ2v) is 6.80. The first-order valence-corrected chi connectivity index (χ1v) is 8.06. The molecule has 25 heavy (non-hydrogen) atoms. The van der Waals surface area contributed by atoms with Gasteiger partial charge in [-0.15, -0.1) is 0 Å². The van der Waals surface area contributed by atoms with Gasteiger partial charge in [-0.3, -0.25) is 0 Å². The van der Waals surface area contributed by atoms with Gasteiger partial charge in [0.15, 0.2) is 0 Å². The SMILES string of the molecule is COc1ccc(/C=C/C2=CC(=C(C#N)C#N)CC(C)(C)C2)c(OC)c1. The summed E-state index contributed by atoms with van der Waals surface area (Å²) in [5, 5.41) is 18.3. The molecule has 2 rings (SSSR count). The second-order valence-electron chi connectivity index (χ2n) is 6.80. The molecule has 0 heterocycles. The highest BCUT2D eigenvalue weighted by atomic mass is 16.5. The summed E-state index contributed by atoms with van der Waals surface area (Å²) in [4.78, 5) is 0. The van der Waals surface area contributed by atoms with Gasteiger partial charge >= 0.3 is 0 Å². The van der Waals surface area contributed by atoms with Crippen molar-refractivity contribution in [3.8, 4) is 23.6 Å². The highest BCUT2D eigenvalue weighted by molar-refractivity contribution is 5.62. The van der Waals surface area contributed by atoms with Gasteiger partial charge < -0.3 is 9.47 Å². The van der Waals surface area contributed by atoms with Crippen molar-refractivity contribution in [1.29, 1.82) is 10.5 Å². The maximum absolute atomic E-state index is 9.15. The largest absolute Gasteiger partial charge is 0.497 e. The van der Waals surface area contributed by atoms with E-state index in [-0.39, 0.29) is 11.0 Å². The van der Waals surface area contributed by atoms with E-state index in [2.05, 4.69) is 13.8 Å². The average molecular weight is 334 g/mol. The molecule has 0 aromatic heterocycles. The summed E-state index contributed by atoms with van der Waals surface area (Å²) in [5.41, 5.74) is 3.04. The van der Waals surface area contributed by atoms with Crippen LogP contribution in [0.25, 0.3) is 6.08 Å². The van der Waals surface area contributed by atoms with Crippen molar-refractivity contribution < 1.29 is 9.47 Å². The van der Waals surface area contributed by atoms with Crippen molar-refractivity contribution in [2.45, 2.75) is 26.7 Å². The van der Waals surface area contributed by atoms with Gasteiger partial charge in [0.25, 0.3) is 0 Å². The molecule has 1 aliphatic rings. The van der Waals surface area contributed by atoms with Gasteiger partial charge in [-0.2, -0.15) is 10.5 Å². The zero-order chi connectivity index (χ0) is 18.4. The Morgan fingerprint density at radius 1 is 1.08 bits per heavy atom. The van der Waals surface area contributed by atoms with E-state index >= 15 is 0 Å². The predicted molar refractivity (Wildman–Crippen MR) is 97.9 cm³/mol. The summed E-state index contributed by atoms with van der Waals surface area (Å²) in [6, 6.07) is 9.67. The zero-order valence-electron chi connectivity index (χ0n) is 15.1. The molecule has 0 unspecified atom stereocenters. The lowest BCUT2D eigenvalue weighted by Crippen LogP contribution is -2.17. The number of nitriles is 2. The number of hydrogen-bond donors (Lipinski definition) is 0. The van der Waals surface area contributed by atoms with Gasteiger partial charge in [0, 0.05) is 11.6 Å². The van der Waals surface area contributed by atoms with Crippen LogP contribution in [-0.2, 0) is 0 Å². The summed E-state index contributed by atoms with van der Waals surface area (Å²) in [6.07, 6.45) is 7.58. The third-order valence-electron chi connectivity index (χ3n) is 4.17. The van der Waals surface area contributed by atoms with Crippen molar-refractivity contribution in [2.75, 3.05) is 14.2 Å². The maximum Gasteiger partial charge on any atom is 0.132 e. The number of ether oxygens (including phenoxy) is 2. The van der Waals surface area contributed by atoms with Crippen molar-refractivity contribution in [3.63, 3.8) is 0 Å². The Morgan fingerprint density at radius 2 is 1.80 bits per heavy atom. The molecule has 1 aliphatic carbocycles. The van der Waals surface area contributed by atoms with E-state index in [1.165, 1.54) is 0 Å². The summed E-state index contributed by atoms with van der Waals surface area (Å²) < 4.78 is 10.6. The van der Waals surface area contributed by atoms with Crippen LogP contribution in [0.4, 0.5) is 0 Å². The molecule has 4 nitrogen and oxygen atoms in total. The van der Waals surface area contributed by atoms with Crippen LogP contribution in [-0.4, -0.2) is 14.2 Å². The fourth-order valence-corrected chi connectivity index (χ4v) is 3.05. The topological polar surface area (TPSA) is 66.0 Å². The van der Waals surface area contributed by atoms with Crippen molar-refractivity contribution >= 4 is 6.08 Å². The molecule has 1 aromatic rings. The van der Waals surface area contributed by atoms with Gasteiger partial charge in [-0.1, -0.05) is 32.1 Å². The van der Waals surface area contributed by atoms with Crippen LogP contribution in [0, 0.1) is 28.1 Å². The minimum absolute atomic E-state index is 0.00665. The van der Waals surface area contributed by atoms with Crippen LogP contribution in [0.3, 0.4) is 0 Å². The molecule has 0 amide bonds. The second kappa shape index (κ2) is 7.73. The van der Waals surface area contributed by atoms with Crippen molar-refractivity contribution in [3.05, 3.63) is 52.6 Å². The Labute approximate surface area is 149 Å². The minimum Gasteiger partial charge on any atom is -0.497 e. The first-order chi connectivity index (χ1) is 11.9. The van der Waals surface area contributed by atoms with Gasteiger partial charge in [-0.05, 0) is 41.5 Å². The summed E-state index contributed by atoms with van der Waals surface area (Å²) in [6.45, 7) is 4.29. The van der Waals surface area contributed by atoms with Crippen LogP contribution < -0.4 is 9.47 Å². The standard InChI is InChI=1S/C21H22N2O2/c1-21(2)11-15(9-17(12-21)18(13-22)14-23)5-6-16-7-8-19(24-3)10-20(16)25-4/h5-10H,11-12H2,1-4H3/b6-5+. The number of rotatable bonds is 4. The van der Waals surface area contributed by atoms with Gasteiger partial charge in [0.05, 0.1) is 14.2 Å². The van der Waals surface area contributed by atoms with E-state index < -0.39 is 0 Å². The van der Waals surface area contributed by atoms with Crippen molar-refractivity contribution in [2.24, 2.45) is 5.41 Å². The highest BCUT2D eigenvalue weighted by Gasteiger charge is 2.26. The maximum atomic E-state index is 9.15. The third kappa shape index (κ3) is 4.52. The molecule has 0 radical (unpaired) electrons. The molecule has 0 atom stereocenters. The van der Waals surface area contributed by atoms with E-state index in [9.17, 15) is 0 Å². The molecule has 4 heteroatoms. The van der Waals surface area contributed by atoms with E-state index in [0.29, 0.717) is 0 Å². The predicted octanol–water partition coefficient (Wildman–Crippen LogP) is 4.81. The Hall–Kier alpha value is -2.98. The molecule has 0 N–H and O–H groups in total. The quantitative estimate of drug-likeness (QED) is 0.741. The van der Waals surface area contributed by atoms with E-state index in [4.69, 9.17) is 20.0 Å². The van der Waals surface area contributed by atoms with Gasteiger partial charge in [0.1, 0.15) is 29.2 Å². The number of hydrogen-bond acceptors (Lipinski definition) is 4. The van der Waals surface area contributed by atoms with Crippen molar-refractivity contribution in [1.82, 2.24) is 0 Å². The summed E-state index contributed by atoms with van der Waals surface area (Å²) in [5.74, 6) is 1.47. The van der Waals surface area contributed by atoms with E-state index in [1.54, 1.807) is 14.2 Å². The molecular formula is C21H22N2O2. The van der Waals surface area contributed by atoms with Crippen LogP contribution >= 0.6 is 0 Å². The molecule has 0 spiro atoms. The molecule has 0 bridgehead atoms. The normalized spacial score (nSPS) is 15.9. The highest BCUT2D eigenvalue weighted by Crippen LogP contribution is 2.39. The Balaban J connectivity index is 2.39. The lowest BCUT2D eigenvalue weighted by molar-refractivity contribution is 0.354. The summed E-state index contributed by atoms with van der Waals surface area (Å²) >= 11 is 0. The van der Waals surface area contributed by atoms with E-state index in [1.807, 2.05) is 48.6 Å². The molecule has 0 fully saturated rings. The fraction of sp³-hybridized carbons (Fsp3) is 0.333. The number of methoxy groups -OCH3 is 2. The minimum atomic E-state index is 0.00665. The summed E-state index contributed by atoms with van der Waals surface area (Å²) in [7, 11) is 3.25. The number of benzene rings is 1. The Morgan fingerprint density at radius 3 is 2.40 bits per heavy atom. The number of allylic oxidation sites excluding steroid dienone is 5. The van der Waals surface area contributed by atoms with Gasteiger partial charge in [-0.25, -0.2) is 0 Å². The first-order valence-electron chi connectivity index (χ1n) is 8.06. The lowest BCUT2D eigenvalue weighted by atomic mass is 9.74. The fourth-order valence-electron chi connectivity index (χ4n) is 3.05. The molecule has 0 aliphatic heterocycles. The first kappa shape index (κ1) is 18.4. The molecule has 0 saturated carbocycles. The molecule has 128 valence electrons. The van der Waals surface area contributed by atoms with Gasteiger partial charge in [0.2, 0.25) is 0 Å². The smallest absolute Gasteiger partial charge is 0.132 e. The van der Waals surface area contributed by atoms with Crippen LogP contribution in [0.1, 0.15) is 32.3 Å². The Bertz CT molecular complexity index is 814. The average Bonchev–Trinajstić information content (AvgIpc) is 2.59. The third-order valence-corrected chi connectivity index (χ3v) is 4.17.